The molecular formula is C7H12N2O3. The average molecular weight is 172 g/mol. The van der Waals surface area contributed by atoms with Gasteiger partial charge in [-0.3, -0.25) is 19.3 Å². The van der Waals surface area contributed by atoms with Crippen molar-refractivity contribution in [3.63, 3.8) is 0 Å². The first kappa shape index (κ1) is 10.6. The van der Waals surface area contributed by atoms with E-state index in [0.717, 1.165) is 4.90 Å². The van der Waals surface area contributed by atoms with Crippen LogP contribution in [-0.2, 0) is 14.4 Å². The fourth-order valence-electron chi connectivity index (χ4n) is 0.665. The highest BCUT2D eigenvalue weighted by molar-refractivity contribution is 5.87. The minimum Gasteiger partial charge on any atom is -0.355 e. The van der Waals surface area contributed by atoms with Gasteiger partial charge in [-0.05, 0) is 13.8 Å². The summed E-state index contributed by atoms with van der Waals surface area (Å²) in [5, 5.41) is 2.50. The summed E-state index contributed by atoms with van der Waals surface area (Å²) in [6.07, 6.45) is 0.653. The number of hydrogen-bond acceptors (Lipinski definition) is 3. The molecule has 5 nitrogen and oxygen atoms in total. The number of amides is 3. The highest BCUT2D eigenvalue weighted by Gasteiger charge is 2.17. The third-order valence-electron chi connectivity index (χ3n) is 1.42. The van der Waals surface area contributed by atoms with Gasteiger partial charge >= 0.3 is 0 Å². The van der Waals surface area contributed by atoms with Crippen LogP contribution >= 0.6 is 0 Å². The normalized spacial score (nSPS) is 11.5. The topological polar surface area (TPSA) is 66.5 Å². The van der Waals surface area contributed by atoms with Crippen molar-refractivity contribution in [2.24, 2.45) is 0 Å². The van der Waals surface area contributed by atoms with E-state index in [-0.39, 0.29) is 5.91 Å². The molecule has 12 heavy (non-hydrogen) atoms. The molecule has 0 aliphatic heterocycles. The van der Waals surface area contributed by atoms with Crippen molar-refractivity contribution in [1.29, 1.82) is 0 Å². The molecule has 0 aromatic carbocycles. The van der Waals surface area contributed by atoms with Crippen molar-refractivity contribution in [3.8, 4) is 0 Å². The molecule has 3 amide bonds. The van der Waals surface area contributed by atoms with E-state index in [2.05, 4.69) is 5.32 Å². The summed E-state index contributed by atoms with van der Waals surface area (Å²) in [6.45, 7) is 3.72. The molecule has 1 unspecified atom stereocenters. The Bertz CT molecular complexity index is 173. The van der Waals surface area contributed by atoms with Crippen LogP contribution < -0.4 is 5.32 Å². The monoisotopic (exact) mass is 172 g/mol. The van der Waals surface area contributed by atoms with Crippen LogP contribution in [0.15, 0.2) is 0 Å². The summed E-state index contributed by atoms with van der Waals surface area (Å²) < 4.78 is 0. The van der Waals surface area contributed by atoms with Crippen LogP contribution in [0.25, 0.3) is 0 Å². The number of hydrogen-bond donors (Lipinski definition) is 1. The predicted molar refractivity (Wildman–Crippen MR) is 42.1 cm³/mol. The Labute approximate surface area is 70.7 Å². The smallest absolute Gasteiger partial charge is 0.242 e. The number of carbonyl (C=O) groups excluding carboxylic acids is 3. The second-order valence-corrected chi connectivity index (χ2v) is 2.23. The summed E-state index contributed by atoms with van der Waals surface area (Å²) in [7, 11) is 0. The van der Waals surface area contributed by atoms with Crippen molar-refractivity contribution in [2.45, 2.75) is 19.9 Å². The molecule has 0 spiro atoms. The fourth-order valence-corrected chi connectivity index (χ4v) is 0.665. The molecule has 0 bridgehead atoms. The number of nitrogens with zero attached hydrogens (tertiary/aromatic N) is 1. The van der Waals surface area contributed by atoms with Gasteiger partial charge in [-0.15, -0.1) is 0 Å². The lowest BCUT2D eigenvalue weighted by Crippen LogP contribution is -2.43. The van der Waals surface area contributed by atoms with E-state index in [9.17, 15) is 14.4 Å². The second-order valence-electron chi connectivity index (χ2n) is 2.23. The van der Waals surface area contributed by atoms with Crippen LogP contribution in [0.4, 0.5) is 0 Å². The summed E-state index contributed by atoms with van der Waals surface area (Å²) >= 11 is 0. The van der Waals surface area contributed by atoms with Gasteiger partial charge in [0.15, 0.2) is 0 Å². The summed E-state index contributed by atoms with van der Waals surface area (Å²) in [4.78, 5) is 32.2. The molecule has 0 aliphatic carbocycles. The molecule has 0 aromatic rings. The van der Waals surface area contributed by atoms with Gasteiger partial charge in [-0.1, -0.05) is 0 Å². The average Bonchev–Trinajstić information content (AvgIpc) is 2.07. The van der Waals surface area contributed by atoms with Gasteiger partial charge in [0.05, 0.1) is 0 Å². The van der Waals surface area contributed by atoms with E-state index in [1.165, 1.54) is 6.92 Å². The van der Waals surface area contributed by atoms with Crippen molar-refractivity contribution < 1.29 is 14.4 Å². The van der Waals surface area contributed by atoms with E-state index in [0.29, 0.717) is 19.4 Å². The number of carbonyl (C=O) groups is 3. The zero-order valence-corrected chi connectivity index (χ0v) is 7.11. The van der Waals surface area contributed by atoms with Gasteiger partial charge in [0, 0.05) is 6.54 Å². The summed E-state index contributed by atoms with van der Waals surface area (Å²) in [5.74, 6) is -0.336. The van der Waals surface area contributed by atoms with Crippen LogP contribution in [0, 0.1) is 0 Å². The first-order chi connectivity index (χ1) is 5.67. The molecule has 0 fully saturated rings. The standard InChI is InChI=1S/C7H12N2O3/c1-3-8-7(12)6(2)9(4-10)5-11/h4-6H,3H2,1-2H3,(H,8,12). The molecule has 1 N–H and O–H groups in total. The molecule has 0 rings (SSSR count). The van der Waals surface area contributed by atoms with E-state index in [4.69, 9.17) is 0 Å². The largest absolute Gasteiger partial charge is 0.355 e. The third kappa shape index (κ3) is 2.69. The fraction of sp³-hybridized carbons (Fsp3) is 0.571. The van der Waals surface area contributed by atoms with Crippen LogP contribution in [0.5, 0.6) is 0 Å². The Balaban J connectivity index is 4.14. The maximum absolute atomic E-state index is 11.0. The van der Waals surface area contributed by atoms with Gasteiger partial charge in [-0.25, -0.2) is 0 Å². The lowest BCUT2D eigenvalue weighted by Gasteiger charge is -2.16. The summed E-state index contributed by atoms with van der Waals surface area (Å²) in [5.41, 5.74) is 0. The van der Waals surface area contributed by atoms with E-state index < -0.39 is 6.04 Å². The van der Waals surface area contributed by atoms with Crippen molar-refractivity contribution in [2.75, 3.05) is 6.54 Å². The molecule has 0 aliphatic rings. The Morgan fingerprint density at radius 3 is 2.33 bits per heavy atom. The zero-order chi connectivity index (χ0) is 9.56. The quantitative estimate of drug-likeness (QED) is 0.548. The summed E-state index contributed by atoms with van der Waals surface area (Å²) in [6, 6.07) is -0.736. The van der Waals surface area contributed by atoms with Crippen LogP contribution in [0.1, 0.15) is 13.8 Å². The lowest BCUT2D eigenvalue weighted by atomic mass is 10.3. The van der Waals surface area contributed by atoms with Crippen molar-refractivity contribution >= 4 is 18.7 Å². The van der Waals surface area contributed by atoms with Gasteiger partial charge in [-0.2, -0.15) is 0 Å². The predicted octanol–water partition coefficient (Wildman–Crippen LogP) is -0.874. The molecule has 0 saturated carbocycles. The molecule has 1 atom stereocenters. The number of likely N-dealkylation sites (N-methyl/N-ethyl adjacent to an activating group) is 1. The maximum Gasteiger partial charge on any atom is 0.242 e. The molecule has 0 radical (unpaired) electrons. The van der Waals surface area contributed by atoms with Crippen LogP contribution in [0.2, 0.25) is 0 Å². The van der Waals surface area contributed by atoms with Crippen LogP contribution in [0.3, 0.4) is 0 Å². The van der Waals surface area contributed by atoms with Crippen LogP contribution in [-0.4, -0.2) is 36.2 Å². The van der Waals surface area contributed by atoms with E-state index in [1.807, 2.05) is 0 Å². The maximum atomic E-state index is 11.0. The van der Waals surface area contributed by atoms with Gasteiger partial charge in [0.1, 0.15) is 6.04 Å². The minimum absolute atomic E-state index is 0.326. The first-order valence-corrected chi connectivity index (χ1v) is 3.63. The highest BCUT2D eigenvalue weighted by atomic mass is 16.2. The van der Waals surface area contributed by atoms with E-state index in [1.54, 1.807) is 6.92 Å². The molecule has 68 valence electrons. The lowest BCUT2D eigenvalue weighted by molar-refractivity contribution is -0.138. The van der Waals surface area contributed by atoms with Gasteiger partial charge < -0.3 is 5.32 Å². The molecule has 0 heterocycles. The number of nitrogens with one attached hydrogen (secondary N) is 1. The Morgan fingerprint density at radius 2 is 2.00 bits per heavy atom. The highest BCUT2D eigenvalue weighted by Crippen LogP contribution is 1.91. The molecular weight excluding hydrogens is 160 g/mol. The second kappa shape index (κ2) is 5.29. The molecule has 0 aromatic heterocycles. The Morgan fingerprint density at radius 1 is 1.50 bits per heavy atom. The molecule has 0 saturated heterocycles. The van der Waals surface area contributed by atoms with E-state index >= 15 is 0 Å². The SMILES string of the molecule is CCNC(=O)C(C)N(C=O)C=O. The van der Waals surface area contributed by atoms with Gasteiger partial charge in [0.2, 0.25) is 18.7 Å². The first-order valence-electron chi connectivity index (χ1n) is 3.63. The number of imide groups is 1. The minimum atomic E-state index is -0.736. The van der Waals surface area contributed by atoms with Crippen molar-refractivity contribution in [3.05, 3.63) is 0 Å². The molecule has 5 heteroatoms. The van der Waals surface area contributed by atoms with Gasteiger partial charge in [0.25, 0.3) is 0 Å². The van der Waals surface area contributed by atoms with Crippen molar-refractivity contribution in [1.82, 2.24) is 10.2 Å². The Hall–Kier alpha value is -1.39. The Kier molecular flexibility index (Phi) is 4.67. The number of rotatable bonds is 5. The zero-order valence-electron chi connectivity index (χ0n) is 7.11. The third-order valence-corrected chi connectivity index (χ3v) is 1.42.